The van der Waals surface area contributed by atoms with Crippen LogP contribution in [0.15, 0.2) is 22.7 Å². The van der Waals surface area contributed by atoms with Crippen molar-refractivity contribution >= 4 is 21.6 Å². The third-order valence-electron chi connectivity index (χ3n) is 4.14. The molecule has 0 aromatic heterocycles. The molecule has 106 valence electrons. The molecular formula is C15H24BrN3. The highest BCUT2D eigenvalue weighted by molar-refractivity contribution is 9.10. The van der Waals surface area contributed by atoms with E-state index in [0.717, 1.165) is 26.1 Å². The second-order valence-corrected chi connectivity index (χ2v) is 6.46. The van der Waals surface area contributed by atoms with Crippen molar-refractivity contribution in [2.45, 2.75) is 32.4 Å². The van der Waals surface area contributed by atoms with E-state index in [1.54, 1.807) is 0 Å². The summed E-state index contributed by atoms with van der Waals surface area (Å²) < 4.78 is 1.18. The fraction of sp³-hybridized carbons (Fsp3) is 0.600. The highest BCUT2D eigenvalue weighted by Gasteiger charge is 2.29. The number of halogens is 1. The van der Waals surface area contributed by atoms with Crippen LogP contribution in [0.5, 0.6) is 0 Å². The summed E-state index contributed by atoms with van der Waals surface area (Å²) in [5.74, 6) is 0. The minimum Gasteiger partial charge on any atom is -0.366 e. The largest absolute Gasteiger partial charge is 0.366 e. The van der Waals surface area contributed by atoms with Crippen molar-refractivity contribution in [1.29, 1.82) is 0 Å². The third-order valence-corrected chi connectivity index (χ3v) is 4.99. The van der Waals surface area contributed by atoms with Gasteiger partial charge in [-0.15, -0.1) is 0 Å². The Morgan fingerprint density at radius 1 is 1.37 bits per heavy atom. The molecule has 0 aliphatic carbocycles. The Balaban J connectivity index is 2.25. The van der Waals surface area contributed by atoms with E-state index in [1.165, 1.54) is 15.7 Å². The molecule has 0 bridgehead atoms. The summed E-state index contributed by atoms with van der Waals surface area (Å²) in [5.41, 5.74) is 8.36. The Labute approximate surface area is 124 Å². The average molecular weight is 326 g/mol. The molecule has 0 amide bonds. The molecule has 2 atom stereocenters. The first-order valence-electron chi connectivity index (χ1n) is 6.96. The topological polar surface area (TPSA) is 32.5 Å². The number of piperazine rings is 1. The Bertz CT molecular complexity index is 435. The zero-order valence-corrected chi connectivity index (χ0v) is 13.7. The minimum atomic E-state index is 0.515. The van der Waals surface area contributed by atoms with Crippen LogP contribution in [-0.4, -0.2) is 43.7 Å². The molecule has 2 rings (SSSR count). The molecule has 1 aromatic rings. The first-order chi connectivity index (χ1) is 9.02. The lowest BCUT2D eigenvalue weighted by molar-refractivity contribution is 0.196. The van der Waals surface area contributed by atoms with Crippen molar-refractivity contribution in [3.8, 4) is 0 Å². The van der Waals surface area contributed by atoms with Crippen LogP contribution in [0.25, 0.3) is 0 Å². The van der Waals surface area contributed by atoms with Gasteiger partial charge in [0.2, 0.25) is 0 Å². The second-order valence-electron chi connectivity index (χ2n) is 5.61. The monoisotopic (exact) mass is 325 g/mol. The van der Waals surface area contributed by atoms with Crippen molar-refractivity contribution in [2.24, 2.45) is 5.73 Å². The average Bonchev–Trinajstić information content (AvgIpc) is 2.37. The number of aryl methyl sites for hydroxylation is 1. The number of likely N-dealkylation sites (N-methyl/N-ethyl adjacent to an activating group) is 1. The summed E-state index contributed by atoms with van der Waals surface area (Å²) in [5, 5.41) is 0. The number of rotatable bonds is 3. The van der Waals surface area contributed by atoms with Gasteiger partial charge in [-0.25, -0.2) is 0 Å². The highest BCUT2D eigenvalue weighted by Crippen LogP contribution is 2.28. The lowest BCUT2D eigenvalue weighted by atomic mass is 10.0. The fourth-order valence-electron chi connectivity index (χ4n) is 2.70. The van der Waals surface area contributed by atoms with Crippen molar-refractivity contribution in [1.82, 2.24) is 4.90 Å². The van der Waals surface area contributed by atoms with Gasteiger partial charge in [0.25, 0.3) is 0 Å². The molecule has 0 spiro atoms. The van der Waals surface area contributed by atoms with Gasteiger partial charge in [0.1, 0.15) is 0 Å². The third kappa shape index (κ3) is 3.30. The van der Waals surface area contributed by atoms with Crippen LogP contribution >= 0.6 is 15.9 Å². The molecule has 19 heavy (non-hydrogen) atoms. The van der Waals surface area contributed by atoms with Gasteiger partial charge in [0.15, 0.2) is 0 Å². The summed E-state index contributed by atoms with van der Waals surface area (Å²) in [6.07, 6.45) is 1.04. The van der Waals surface area contributed by atoms with Gasteiger partial charge < -0.3 is 10.6 Å². The lowest BCUT2D eigenvalue weighted by Gasteiger charge is -2.45. The molecule has 0 saturated carbocycles. The van der Waals surface area contributed by atoms with E-state index >= 15 is 0 Å². The maximum atomic E-state index is 5.78. The molecular weight excluding hydrogens is 302 g/mol. The smallest absolute Gasteiger partial charge is 0.0429 e. The van der Waals surface area contributed by atoms with Crippen LogP contribution in [0.3, 0.4) is 0 Å². The summed E-state index contributed by atoms with van der Waals surface area (Å²) in [6.45, 7) is 7.31. The van der Waals surface area contributed by atoms with Crippen LogP contribution in [0.1, 0.15) is 18.9 Å². The van der Waals surface area contributed by atoms with E-state index in [9.17, 15) is 0 Å². The van der Waals surface area contributed by atoms with Gasteiger partial charge in [0, 0.05) is 35.3 Å². The molecule has 1 fully saturated rings. The Morgan fingerprint density at radius 3 is 2.74 bits per heavy atom. The van der Waals surface area contributed by atoms with Crippen LogP contribution in [-0.2, 0) is 0 Å². The van der Waals surface area contributed by atoms with E-state index in [4.69, 9.17) is 5.73 Å². The normalized spacial score (nSPS) is 24.8. The first-order valence-corrected chi connectivity index (χ1v) is 7.75. The molecule has 4 heteroatoms. The molecule has 0 radical (unpaired) electrons. The van der Waals surface area contributed by atoms with Crippen molar-refractivity contribution in [3.63, 3.8) is 0 Å². The summed E-state index contributed by atoms with van der Waals surface area (Å²) in [4.78, 5) is 4.95. The van der Waals surface area contributed by atoms with Gasteiger partial charge in [-0.2, -0.15) is 0 Å². The molecule has 2 N–H and O–H groups in total. The van der Waals surface area contributed by atoms with E-state index in [1.807, 2.05) is 0 Å². The van der Waals surface area contributed by atoms with Gasteiger partial charge in [-0.3, -0.25) is 4.90 Å². The maximum absolute atomic E-state index is 5.78. The van der Waals surface area contributed by atoms with Crippen LogP contribution in [0.2, 0.25) is 0 Å². The number of nitrogens with two attached hydrogens (primary N) is 1. The first kappa shape index (κ1) is 14.8. The van der Waals surface area contributed by atoms with Gasteiger partial charge >= 0.3 is 0 Å². The van der Waals surface area contributed by atoms with Crippen molar-refractivity contribution < 1.29 is 0 Å². The van der Waals surface area contributed by atoms with Crippen LogP contribution < -0.4 is 10.6 Å². The summed E-state index contributed by atoms with van der Waals surface area (Å²) in [6, 6.07) is 7.73. The number of nitrogens with zero attached hydrogens (tertiary/aromatic N) is 2. The summed E-state index contributed by atoms with van der Waals surface area (Å²) >= 11 is 3.64. The Morgan fingerprint density at radius 2 is 2.11 bits per heavy atom. The highest BCUT2D eigenvalue weighted by atomic mass is 79.9. The maximum Gasteiger partial charge on any atom is 0.0429 e. The standard InChI is InChI=1S/C15H24BrN3/c1-11-4-5-13(8-15(11)16)19-9-12(2)18(3)10-14(19)6-7-17/h4-5,8,12,14H,6-7,9-10,17H2,1-3H3. The van der Waals surface area contributed by atoms with Gasteiger partial charge in [-0.05, 0) is 51.6 Å². The molecule has 2 unspecified atom stereocenters. The quantitative estimate of drug-likeness (QED) is 0.927. The predicted octanol–water partition coefficient (Wildman–Crippen LogP) is 2.62. The van der Waals surface area contributed by atoms with Gasteiger partial charge in [-0.1, -0.05) is 22.0 Å². The molecule has 1 saturated heterocycles. The minimum absolute atomic E-state index is 0.515. The SMILES string of the molecule is Cc1ccc(N2CC(C)N(C)CC2CCN)cc1Br. The fourth-order valence-corrected chi connectivity index (χ4v) is 3.07. The molecule has 1 aromatic carbocycles. The molecule has 3 nitrogen and oxygen atoms in total. The van der Waals surface area contributed by atoms with E-state index in [0.29, 0.717) is 12.1 Å². The molecule has 1 aliphatic heterocycles. The Kier molecular flexibility index (Phi) is 4.87. The second kappa shape index (κ2) is 6.25. The zero-order chi connectivity index (χ0) is 14.0. The van der Waals surface area contributed by atoms with E-state index < -0.39 is 0 Å². The van der Waals surface area contributed by atoms with Crippen LogP contribution in [0, 0.1) is 6.92 Å². The zero-order valence-electron chi connectivity index (χ0n) is 12.1. The van der Waals surface area contributed by atoms with Crippen molar-refractivity contribution in [3.05, 3.63) is 28.2 Å². The number of anilines is 1. The summed E-state index contributed by atoms with van der Waals surface area (Å²) in [7, 11) is 2.20. The number of benzene rings is 1. The Hall–Kier alpha value is -0.580. The van der Waals surface area contributed by atoms with Gasteiger partial charge in [0.05, 0.1) is 0 Å². The van der Waals surface area contributed by atoms with Crippen LogP contribution in [0.4, 0.5) is 5.69 Å². The predicted molar refractivity (Wildman–Crippen MR) is 85.8 cm³/mol. The number of hydrogen-bond donors (Lipinski definition) is 1. The molecule has 1 heterocycles. The van der Waals surface area contributed by atoms with E-state index in [-0.39, 0.29) is 0 Å². The number of hydrogen-bond acceptors (Lipinski definition) is 3. The van der Waals surface area contributed by atoms with Crippen molar-refractivity contribution in [2.75, 3.05) is 31.6 Å². The van der Waals surface area contributed by atoms with E-state index in [2.05, 4.69) is 64.8 Å². The lowest BCUT2D eigenvalue weighted by Crippen LogP contribution is -2.56. The molecule has 1 aliphatic rings.